The van der Waals surface area contributed by atoms with Gasteiger partial charge in [0.15, 0.2) is 0 Å². The van der Waals surface area contributed by atoms with Crippen LogP contribution < -0.4 is 9.62 Å². The van der Waals surface area contributed by atoms with Crippen molar-refractivity contribution >= 4 is 55.1 Å². The Morgan fingerprint density at radius 2 is 1.56 bits per heavy atom. The predicted octanol–water partition coefficient (Wildman–Crippen LogP) is 7.16. The SMILES string of the molecule is CC[C@H](C)NC(=O)[C@H](Cc1ccccc1)N(Cc1cccc(Br)c1)C(=O)CN(c1cccc(C)c1)S(=O)(=O)c1ccc(Cl)cc1. The van der Waals surface area contributed by atoms with Crippen molar-refractivity contribution in [3.8, 4) is 0 Å². The van der Waals surface area contributed by atoms with Gasteiger partial charge >= 0.3 is 0 Å². The van der Waals surface area contributed by atoms with Crippen LogP contribution in [-0.4, -0.2) is 43.8 Å². The van der Waals surface area contributed by atoms with Crippen molar-refractivity contribution in [3.05, 3.63) is 129 Å². The Balaban J connectivity index is 1.81. The molecule has 0 aliphatic heterocycles. The molecule has 45 heavy (non-hydrogen) atoms. The first-order valence-electron chi connectivity index (χ1n) is 14.7. The molecule has 1 N–H and O–H groups in total. The van der Waals surface area contributed by atoms with Gasteiger partial charge in [0.2, 0.25) is 11.8 Å². The van der Waals surface area contributed by atoms with E-state index in [9.17, 15) is 18.0 Å². The molecule has 4 aromatic carbocycles. The smallest absolute Gasteiger partial charge is 0.264 e. The number of rotatable bonds is 13. The van der Waals surface area contributed by atoms with Crippen molar-refractivity contribution in [1.29, 1.82) is 0 Å². The molecule has 0 spiro atoms. The Bertz CT molecular complexity index is 1720. The van der Waals surface area contributed by atoms with Gasteiger partial charge in [0.25, 0.3) is 10.0 Å². The molecular formula is C35H37BrClN3O4S. The number of hydrogen-bond acceptors (Lipinski definition) is 4. The van der Waals surface area contributed by atoms with Crippen molar-refractivity contribution < 1.29 is 18.0 Å². The normalized spacial score (nSPS) is 12.6. The monoisotopic (exact) mass is 709 g/mol. The standard InChI is InChI=1S/C35H37BrClN3O4S/c1-4-26(3)38-35(42)33(22-27-11-6-5-7-12-27)39(23-28-13-9-14-29(36)21-28)34(41)24-40(31-15-8-10-25(2)20-31)45(43,44)32-18-16-30(37)17-19-32/h5-21,26,33H,4,22-24H2,1-3H3,(H,38,42)/t26-,33-/m0/s1. The first-order valence-corrected chi connectivity index (χ1v) is 17.3. The third-order valence-electron chi connectivity index (χ3n) is 7.48. The minimum absolute atomic E-state index is 0.00454. The quantitative estimate of drug-likeness (QED) is 0.160. The van der Waals surface area contributed by atoms with Gasteiger partial charge in [-0.2, -0.15) is 0 Å². The molecular weight excluding hydrogens is 674 g/mol. The van der Waals surface area contributed by atoms with Gasteiger partial charge in [-0.15, -0.1) is 0 Å². The van der Waals surface area contributed by atoms with E-state index < -0.39 is 28.5 Å². The Hall–Kier alpha value is -3.66. The van der Waals surface area contributed by atoms with Crippen LogP contribution >= 0.6 is 27.5 Å². The number of benzene rings is 4. The first kappa shape index (κ1) is 34.2. The Labute approximate surface area is 279 Å². The summed E-state index contributed by atoms with van der Waals surface area (Å²) >= 11 is 9.57. The van der Waals surface area contributed by atoms with E-state index in [0.717, 1.165) is 25.5 Å². The number of carbonyl (C=O) groups is 2. The fraction of sp³-hybridized carbons (Fsp3) is 0.257. The number of nitrogens with zero attached hydrogens (tertiary/aromatic N) is 2. The van der Waals surface area contributed by atoms with Gasteiger partial charge in [0.1, 0.15) is 12.6 Å². The third-order valence-corrected chi connectivity index (χ3v) is 10.0. The van der Waals surface area contributed by atoms with E-state index in [1.807, 2.05) is 81.4 Å². The summed E-state index contributed by atoms with van der Waals surface area (Å²) in [5.74, 6) is -0.825. The molecule has 0 bridgehead atoms. The zero-order valence-corrected chi connectivity index (χ0v) is 28.6. The zero-order valence-electron chi connectivity index (χ0n) is 25.5. The summed E-state index contributed by atoms with van der Waals surface area (Å²) in [4.78, 5) is 29.9. The molecule has 0 fully saturated rings. The maximum Gasteiger partial charge on any atom is 0.264 e. The molecule has 0 aliphatic rings. The highest BCUT2D eigenvalue weighted by Gasteiger charge is 2.35. The van der Waals surface area contributed by atoms with Crippen LogP contribution in [0.4, 0.5) is 5.69 Å². The second kappa shape index (κ2) is 15.6. The molecule has 0 saturated heterocycles. The van der Waals surface area contributed by atoms with Crippen molar-refractivity contribution in [2.24, 2.45) is 0 Å². The number of amides is 2. The minimum Gasteiger partial charge on any atom is -0.352 e. The highest BCUT2D eigenvalue weighted by Crippen LogP contribution is 2.27. The number of halogens is 2. The number of anilines is 1. The molecule has 10 heteroatoms. The van der Waals surface area contributed by atoms with Gasteiger partial charge < -0.3 is 10.2 Å². The predicted molar refractivity (Wildman–Crippen MR) is 184 cm³/mol. The van der Waals surface area contributed by atoms with Crippen LogP contribution in [0.3, 0.4) is 0 Å². The number of hydrogen-bond donors (Lipinski definition) is 1. The van der Waals surface area contributed by atoms with Gasteiger partial charge in [-0.1, -0.05) is 89.1 Å². The lowest BCUT2D eigenvalue weighted by atomic mass is 10.0. The molecule has 4 aromatic rings. The molecule has 0 unspecified atom stereocenters. The fourth-order valence-electron chi connectivity index (χ4n) is 4.87. The Kier molecular flexibility index (Phi) is 11.8. The highest BCUT2D eigenvalue weighted by molar-refractivity contribution is 9.10. The van der Waals surface area contributed by atoms with E-state index in [0.29, 0.717) is 17.1 Å². The van der Waals surface area contributed by atoms with Gasteiger partial charge in [-0.05, 0) is 85.5 Å². The molecule has 0 radical (unpaired) electrons. The fourth-order valence-corrected chi connectivity index (χ4v) is 6.85. The van der Waals surface area contributed by atoms with E-state index in [-0.39, 0.29) is 29.8 Å². The van der Waals surface area contributed by atoms with Crippen LogP contribution in [0.2, 0.25) is 5.02 Å². The summed E-state index contributed by atoms with van der Waals surface area (Å²) in [7, 11) is -4.20. The lowest BCUT2D eigenvalue weighted by Crippen LogP contribution is -2.54. The van der Waals surface area contributed by atoms with Crippen LogP contribution in [0.5, 0.6) is 0 Å². The lowest BCUT2D eigenvalue weighted by Gasteiger charge is -2.34. The first-order chi connectivity index (χ1) is 21.5. The molecule has 7 nitrogen and oxygen atoms in total. The summed E-state index contributed by atoms with van der Waals surface area (Å²) in [5, 5.41) is 3.44. The third kappa shape index (κ3) is 9.19. The molecule has 0 saturated carbocycles. The van der Waals surface area contributed by atoms with Crippen LogP contribution in [0.25, 0.3) is 0 Å². The van der Waals surface area contributed by atoms with Crippen molar-refractivity contribution in [1.82, 2.24) is 10.2 Å². The number of aryl methyl sites for hydroxylation is 1. The lowest BCUT2D eigenvalue weighted by molar-refractivity contribution is -0.140. The summed E-state index contributed by atoms with van der Waals surface area (Å²) in [6.45, 7) is 5.31. The van der Waals surface area contributed by atoms with Crippen LogP contribution in [0, 0.1) is 6.92 Å². The van der Waals surface area contributed by atoms with Gasteiger partial charge in [0.05, 0.1) is 10.6 Å². The van der Waals surface area contributed by atoms with E-state index in [4.69, 9.17) is 11.6 Å². The van der Waals surface area contributed by atoms with Crippen molar-refractivity contribution in [2.45, 2.75) is 57.1 Å². The molecule has 0 heterocycles. The Morgan fingerprint density at radius 1 is 0.889 bits per heavy atom. The van der Waals surface area contributed by atoms with E-state index in [1.165, 1.54) is 29.2 Å². The second-order valence-corrected chi connectivity index (χ2v) is 14.2. The van der Waals surface area contributed by atoms with Gasteiger partial charge in [-0.3, -0.25) is 13.9 Å². The van der Waals surface area contributed by atoms with Gasteiger partial charge in [-0.25, -0.2) is 8.42 Å². The van der Waals surface area contributed by atoms with Crippen molar-refractivity contribution in [3.63, 3.8) is 0 Å². The van der Waals surface area contributed by atoms with E-state index in [2.05, 4.69) is 21.2 Å². The van der Waals surface area contributed by atoms with Gasteiger partial charge in [0, 0.05) is 28.5 Å². The molecule has 0 aromatic heterocycles. The number of sulfonamides is 1. The molecule has 2 atom stereocenters. The van der Waals surface area contributed by atoms with Crippen molar-refractivity contribution in [2.75, 3.05) is 10.8 Å². The number of carbonyl (C=O) groups excluding carboxylic acids is 2. The zero-order chi connectivity index (χ0) is 32.6. The molecule has 2 amide bonds. The average molecular weight is 711 g/mol. The summed E-state index contributed by atoms with van der Waals surface area (Å²) in [6, 6.07) is 28.8. The minimum atomic E-state index is -4.20. The average Bonchev–Trinajstić information content (AvgIpc) is 3.02. The second-order valence-electron chi connectivity index (χ2n) is 11.0. The topological polar surface area (TPSA) is 86.8 Å². The highest BCUT2D eigenvalue weighted by atomic mass is 79.9. The summed E-state index contributed by atoms with van der Waals surface area (Å²) in [6.07, 6.45) is 0.959. The van der Waals surface area contributed by atoms with Crippen LogP contribution in [0.15, 0.2) is 112 Å². The molecule has 0 aliphatic carbocycles. The summed E-state index contributed by atoms with van der Waals surface area (Å²) in [5.41, 5.74) is 2.83. The van der Waals surface area contributed by atoms with E-state index >= 15 is 0 Å². The largest absolute Gasteiger partial charge is 0.352 e. The molecule has 236 valence electrons. The Morgan fingerprint density at radius 3 is 2.20 bits per heavy atom. The maximum atomic E-state index is 14.5. The van der Waals surface area contributed by atoms with Crippen LogP contribution in [-0.2, 0) is 32.6 Å². The number of nitrogens with one attached hydrogen (secondary N) is 1. The summed E-state index contributed by atoms with van der Waals surface area (Å²) < 4.78 is 30.2. The van der Waals surface area contributed by atoms with E-state index in [1.54, 1.807) is 18.2 Å². The maximum absolute atomic E-state index is 14.5. The van der Waals surface area contributed by atoms with Crippen LogP contribution in [0.1, 0.15) is 37.0 Å². The molecule has 4 rings (SSSR count).